The molecule has 4 aromatic rings. The molecule has 6 nitrogen and oxygen atoms in total. The molecule has 0 unspecified atom stereocenters. The molecule has 0 aliphatic carbocycles. The van der Waals surface area contributed by atoms with Crippen LogP contribution in [0.1, 0.15) is 29.4 Å². The molecule has 7 heteroatoms. The fourth-order valence-electron chi connectivity index (χ4n) is 4.78. The summed E-state index contributed by atoms with van der Waals surface area (Å²) in [6.07, 6.45) is 1.95. The van der Waals surface area contributed by atoms with Gasteiger partial charge in [0.15, 0.2) is 0 Å². The summed E-state index contributed by atoms with van der Waals surface area (Å²) in [6.45, 7) is 4.35. The van der Waals surface area contributed by atoms with Crippen LogP contribution in [0.15, 0.2) is 78.2 Å². The number of thiophene rings is 1. The number of nitrogens with one attached hydrogen (secondary N) is 1. The number of hydrogen-bond acceptors (Lipinski definition) is 3. The van der Waals surface area contributed by atoms with Gasteiger partial charge in [0.05, 0.1) is 0 Å². The number of nitrogens with zero attached hydrogens (tertiary/aromatic N) is 3. The van der Waals surface area contributed by atoms with Gasteiger partial charge < -0.3 is 19.7 Å². The molecular weight excluding hydrogens is 456 g/mol. The number of hydrogen-bond donors (Lipinski definition) is 1. The first-order chi connectivity index (χ1) is 17.1. The highest BCUT2D eigenvalue weighted by Crippen LogP contribution is 2.27. The number of aryl methyl sites for hydroxylation is 2. The van der Waals surface area contributed by atoms with Gasteiger partial charge in [-0.25, -0.2) is 4.79 Å². The van der Waals surface area contributed by atoms with Crippen molar-refractivity contribution in [1.29, 1.82) is 0 Å². The quantitative estimate of drug-likeness (QED) is 0.379. The van der Waals surface area contributed by atoms with E-state index in [4.69, 9.17) is 0 Å². The Balaban J connectivity index is 1.26. The number of fused-ring (bicyclic) bond motifs is 1. The SMILES string of the molecule is C[C@H]1CN(C(=O)c2cc3ccsc3n2CCCc2ccccc2)CCN1C(=O)Nc1ccccc1. The maximum absolute atomic E-state index is 13.6. The summed E-state index contributed by atoms with van der Waals surface area (Å²) in [5, 5.41) is 6.16. The molecule has 0 saturated carbocycles. The predicted molar refractivity (Wildman–Crippen MR) is 142 cm³/mol. The highest BCUT2D eigenvalue weighted by molar-refractivity contribution is 7.16. The van der Waals surface area contributed by atoms with E-state index in [-0.39, 0.29) is 18.0 Å². The monoisotopic (exact) mass is 486 g/mol. The Morgan fingerprint density at radius 1 is 1.00 bits per heavy atom. The van der Waals surface area contributed by atoms with Crippen LogP contribution in [0.2, 0.25) is 0 Å². The molecule has 3 amide bonds. The third-order valence-electron chi connectivity index (χ3n) is 6.61. The molecule has 1 atom stereocenters. The van der Waals surface area contributed by atoms with Crippen LogP contribution in [0, 0.1) is 0 Å². The van der Waals surface area contributed by atoms with E-state index in [2.05, 4.69) is 45.6 Å². The van der Waals surface area contributed by atoms with Gasteiger partial charge in [-0.15, -0.1) is 11.3 Å². The van der Waals surface area contributed by atoms with Crippen LogP contribution >= 0.6 is 11.3 Å². The van der Waals surface area contributed by atoms with Crippen LogP contribution in [0.25, 0.3) is 10.2 Å². The predicted octanol–water partition coefficient (Wildman–Crippen LogP) is 5.71. The van der Waals surface area contributed by atoms with E-state index < -0.39 is 0 Å². The normalized spacial score (nSPS) is 16.0. The molecule has 180 valence electrons. The molecule has 1 aliphatic rings. The van der Waals surface area contributed by atoms with Gasteiger partial charge in [0, 0.05) is 43.3 Å². The summed E-state index contributed by atoms with van der Waals surface area (Å²) in [5.74, 6) is 0.0445. The molecule has 0 spiro atoms. The number of urea groups is 1. The number of rotatable bonds is 6. The molecule has 1 N–H and O–H groups in total. The molecule has 0 radical (unpaired) electrons. The number of benzene rings is 2. The number of anilines is 1. The van der Waals surface area contributed by atoms with E-state index in [0.717, 1.165) is 41.0 Å². The summed E-state index contributed by atoms with van der Waals surface area (Å²) in [7, 11) is 0. The number of aromatic nitrogens is 1. The second-order valence-electron chi connectivity index (χ2n) is 9.04. The Labute approximate surface area is 209 Å². The lowest BCUT2D eigenvalue weighted by Gasteiger charge is -2.39. The van der Waals surface area contributed by atoms with E-state index in [1.54, 1.807) is 11.3 Å². The van der Waals surface area contributed by atoms with Crippen molar-refractivity contribution in [1.82, 2.24) is 14.4 Å². The Morgan fingerprint density at radius 3 is 2.49 bits per heavy atom. The van der Waals surface area contributed by atoms with Crippen LogP contribution in [0.3, 0.4) is 0 Å². The zero-order valence-electron chi connectivity index (χ0n) is 19.9. The Hall–Kier alpha value is -3.58. The largest absolute Gasteiger partial charge is 0.334 e. The third-order valence-corrected chi connectivity index (χ3v) is 7.56. The standard InChI is InChI=1S/C28H30N4O2S/c1-21-20-30(16-17-31(21)28(34)29-24-12-6-3-7-13-24)26(33)25-19-23-14-18-35-27(23)32(25)15-8-11-22-9-4-2-5-10-22/h2-7,9-10,12-14,18-19,21H,8,11,15-17,20H2,1H3,(H,29,34)/t21-/m0/s1. The Morgan fingerprint density at radius 2 is 1.74 bits per heavy atom. The zero-order valence-corrected chi connectivity index (χ0v) is 20.7. The van der Waals surface area contributed by atoms with E-state index in [1.165, 1.54) is 5.56 Å². The second-order valence-corrected chi connectivity index (χ2v) is 9.94. The lowest BCUT2D eigenvalue weighted by molar-refractivity contribution is 0.0582. The van der Waals surface area contributed by atoms with Gasteiger partial charge >= 0.3 is 6.03 Å². The summed E-state index contributed by atoms with van der Waals surface area (Å²) in [6, 6.07) is 23.8. The first kappa shape index (κ1) is 23.2. The Bertz CT molecular complexity index is 1300. The molecule has 1 aliphatic heterocycles. The van der Waals surface area contributed by atoms with Gasteiger partial charge in [-0.3, -0.25) is 4.79 Å². The third kappa shape index (κ3) is 5.10. The van der Waals surface area contributed by atoms with E-state index in [1.807, 2.05) is 59.2 Å². The maximum atomic E-state index is 13.6. The van der Waals surface area contributed by atoms with Crippen molar-refractivity contribution in [3.63, 3.8) is 0 Å². The number of para-hydroxylation sites is 1. The summed E-state index contributed by atoms with van der Waals surface area (Å²) in [4.78, 5) is 31.3. The van der Waals surface area contributed by atoms with Gasteiger partial charge in [0.2, 0.25) is 0 Å². The second kappa shape index (κ2) is 10.4. The van der Waals surface area contributed by atoms with E-state index in [0.29, 0.717) is 19.6 Å². The van der Waals surface area contributed by atoms with Crippen molar-refractivity contribution in [2.45, 2.75) is 32.4 Å². The van der Waals surface area contributed by atoms with Crippen molar-refractivity contribution < 1.29 is 9.59 Å². The number of piperazine rings is 1. The van der Waals surface area contributed by atoms with Crippen molar-refractivity contribution in [2.24, 2.45) is 0 Å². The van der Waals surface area contributed by atoms with Gasteiger partial charge in [0.25, 0.3) is 5.91 Å². The van der Waals surface area contributed by atoms with Crippen LogP contribution in [0.4, 0.5) is 10.5 Å². The average Bonchev–Trinajstić information content (AvgIpc) is 3.47. The van der Waals surface area contributed by atoms with Gasteiger partial charge in [-0.1, -0.05) is 48.5 Å². The molecule has 5 rings (SSSR count). The first-order valence-corrected chi connectivity index (χ1v) is 13.0. The minimum atomic E-state index is -0.124. The first-order valence-electron chi connectivity index (χ1n) is 12.1. The van der Waals surface area contributed by atoms with Crippen molar-refractivity contribution in [2.75, 3.05) is 25.0 Å². The lowest BCUT2D eigenvalue weighted by atomic mass is 10.1. The van der Waals surface area contributed by atoms with Crippen LogP contribution < -0.4 is 5.32 Å². The molecule has 35 heavy (non-hydrogen) atoms. The highest BCUT2D eigenvalue weighted by Gasteiger charge is 2.31. The van der Waals surface area contributed by atoms with E-state index >= 15 is 0 Å². The molecule has 3 heterocycles. The van der Waals surface area contributed by atoms with Crippen LogP contribution in [-0.2, 0) is 13.0 Å². The van der Waals surface area contributed by atoms with Gasteiger partial charge in [-0.05, 0) is 55.0 Å². The van der Waals surface area contributed by atoms with Gasteiger partial charge in [0.1, 0.15) is 10.5 Å². The van der Waals surface area contributed by atoms with Crippen molar-refractivity contribution >= 4 is 39.2 Å². The molecule has 1 fully saturated rings. The maximum Gasteiger partial charge on any atom is 0.322 e. The lowest BCUT2D eigenvalue weighted by Crippen LogP contribution is -2.56. The summed E-state index contributed by atoms with van der Waals surface area (Å²) < 4.78 is 2.18. The summed E-state index contributed by atoms with van der Waals surface area (Å²) >= 11 is 1.68. The number of carbonyl (C=O) groups excluding carboxylic acids is 2. The van der Waals surface area contributed by atoms with Crippen LogP contribution in [-0.4, -0.2) is 52.0 Å². The number of carbonyl (C=O) groups is 2. The topological polar surface area (TPSA) is 57.6 Å². The average molecular weight is 487 g/mol. The van der Waals surface area contributed by atoms with Crippen molar-refractivity contribution in [3.05, 3.63) is 89.4 Å². The molecule has 2 aromatic heterocycles. The molecular formula is C28H30N4O2S. The highest BCUT2D eigenvalue weighted by atomic mass is 32.1. The smallest absolute Gasteiger partial charge is 0.322 e. The fourth-order valence-corrected chi connectivity index (χ4v) is 5.71. The summed E-state index contributed by atoms with van der Waals surface area (Å²) in [5.41, 5.74) is 2.83. The molecule has 2 aromatic carbocycles. The fraction of sp³-hybridized carbons (Fsp3) is 0.286. The van der Waals surface area contributed by atoms with Gasteiger partial charge in [-0.2, -0.15) is 0 Å². The Kier molecular flexibility index (Phi) is 6.86. The van der Waals surface area contributed by atoms with Crippen LogP contribution in [0.5, 0.6) is 0 Å². The minimum absolute atomic E-state index is 0.0445. The van der Waals surface area contributed by atoms with Crippen molar-refractivity contribution in [3.8, 4) is 0 Å². The number of amides is 3. The molecule has 0 bridgehead atoms. The molecule has 1 saturated heterocycles. The van der Waals surface area contributed by atoms with E-state index in [9.17, 15) is 9.59 Å². The zero-order chi connectivity index (χ0) is 24.2. The minimum Gasteiger partial charge on any atom is -0.334 e.